The summed E-state index contributed by atoms with van der Waals surface area (Å²) >= 11 is 0. The first kappa shape index (κ1) is 15.0. The second-order valence-electron chi connectivity index (χ2n) is 6.72. The molecule has 2 bridgehead atoms. The molecule has 5 heteroatoms. The van der Waals surface area contributed by atoms with Crippen LogP contribution >= 0.6 is 0 Å². The van der Waals surface area contributed by atoms with Crippen LogP contribution in [-0.2, 0) is 6.42 Å². The molecule has 5 rings (SSSR count). The fourth-order valence-electron chi connectivity index (χ4n) is 4.04. The first-order valence-electron chi connectivity index (χ1n) is 8.95. The monoisotopic (exact) mass is 313 g/mol. The number of hydrogen-bond acceptors (Lipinski definition) is 3. The van der Waals surface area contributed by atoms with Gasteiger partial charge in [-0.25, -0.2) is 0 Å². The third-order valence-electron chi connectivity index (χ3n) is 5.32. The number of nitrogens with one attached hydrogen (secondary N) is 1. The van der Waals surface area contributed by atoms with Crippen LogP contribution in [0.1, 0.15) is 12.5 Å². The summed E-state index contributed by atoms with van der Waals surface area (Å²) in [6.07, 6.45) is 1.11. The van der Waals surface area contributed by atoms with E-state index in [1.165, 1.54) is 44.0 Å². The quantitative estimate of drug-likeness (QED) is 0.667. The molecule has 5 nitrogen and oxygen atoms in total. The number of hydrogen-bond donors (Lipinski definition) is 1. The molecule has 1 N–H and O–H groups in total. The van der Waals surface area contributed by atoms with E-state index < -0.39 is 0 Å². The van der Waals surface area contributed by atoms with E-state index in [0.29, 0.717) is 6.04 Å². The van der Waals surface area contributed by atoms with Gasteiger partial charge in [-0.05, 0) is 25.0 Å². The highest BCUT2D eigenvalue weighted by molar-refractivity contribution is 5.97. The van der Waals surface area contributed by atoms with E-state index in [0.717, 1.165) is 32.0 Å². The van der Waals surface area contributed by atoms with Crippen molar-refractivity contribution in [3.05, 3.63) is 29.8 Å². The average Bonchev–Trinajstić information content (AvgIpc) is 3.04. The number of anilines is 1. The van der Waals surface area contributed by atoms with Gasteiger partial charge in [-0.2, -0.15) is 0 Å². The van der Waals surface area contributed by atoms with Crippen LogP contribution in [0.4, 0.5) is 5.69 Å². The van der Waals surface area contributed by atoms with Gasteiger partial charge >= 0.3 is 0 Å². The summed E-state index contributed by atoms with van der Waals surface area (Å²) < 4.78 is 0. The predicted molar refractivity (Wildman–Crippen MR) is 95.3 cm³/mol. The summed E-state index contributed by atoms with van der Waals surface area (Å²) in [5, 5.41) is 3.49. The molecule has 0 radical (unpaired) electrons. The van der Waals surface area contributed by atoms with Crippen molar-refractivity contribution in [2.45, 2.75) is 19.4 Å². The molecule has 1 atom stereocenters. The van der Waals surface area contributed by atoms with Crippen molar-refractivity contribution in [3.8, 4) is 0 Å². The SMILES string of the molecule is CCNC(=NCC1CN2CCN1CC2)N1CCc2ccccc21. The number of aliphatic imine (C=N–C) groups is 1. The Hall–Kier alpha value is -1.59. The molecule has 124 valence electrons. The van der Waals surface area contributed by atoms with Crippen molar-refractivity contribution >= 4 is 11.6 Å². The standard InChI is InChI=1S/C18H27N5/c1-2-19-18(23-8-7-15-5-3-4-6-17(15)23)20-13-16-14-21-9-11-22(16)12-10-21/h3-6,16H,2,7-14H2,1H3,(H,19,20). The van der Waals surface area contributed by atoms with E-state index in [9.17, 15) is 0 Å². The van der Waals surface area contributed by atoms with Gasteiger partial charge in [0.05, 0.1) is 6.54 Å². The zero-order valence-corrected chi connectivity index (χ0v) is 14.0. The average molecular weight is 313 g/mol. The highest BCUT2D eigenvalue weighted by Crippen LogP contribution is 2.27. The molecule has 0 aromatic heterocycles. The molecule has 0 aliphatic carbocycles. The van der Waals surface area contributed by atoms with E-state index in [1.807, 2.05) is 0 Å². The number of guanidine groups is 1. The molecular formula is C18H27N5. The fourth-order valence-corrected chi connectivity index (χ4v) is 4.04. The molecule has 23 heavy (non-hydrogen) atoms. The van der Waals surface area contributed by atoms with Gasteiger partial charge in [0.1, 0.15) is 0 Å². The smallest absolute Gasteiger partial charge is 0.198 e. The van der Waals surface area contributed by atoms with Crippen LogP contribution in [0.25, 0.3) is 0 Å². The van der Waals surface area contributed by atoms with Gasteiger partial charge in [-0.1, -0.05) is 18.2 Å². The second-order valence-corrected chi connectivity index (χ2v) is 6.72. The molecule has 1 unspecified atom stereocenters. The second kappa shape index (κ2) is 6.49. The zero-order valence-electron chi connectivity index (χ0n) is 14.0. The molecule has 0 spiro atoms. The summed E-state index contributed by atoms with van der Waals surface area (Å²) in [6.45, 7) is 11.1. The summed E-state index contributed by atoms with van der Waals surface area (Å²) in [5.74, 6) is 1.05. The minimum atomic E-state index is 0.587. The minimum absolute atomic E-state index is 0.587. The van der Waals surface area contributed by atoms with Crippen LogP contribution in [0.3, 0.4) is 0 Å². The van der Waals surface area contributed by atoms with Gasteiger partial charge in [0.15, 0.2) is 5.96 Å². The highest BCUT2D eigenvalue weighted by Gasteiger charge is 2.32. The molecule has 0 saturated carbocycles. The molecule has 4 aliphatic heterocycles. The third kappa shape index (κ3) is 2.95. The third-order valence-corrected chi connectivity index (χ3v) is 5.32. The number of rotatable bonds is 3. The van der Waals surface area contributed by atoms with E-state index in [2.05, 4.69) is 51.2 Å². The first-order valence-corrected chi connectivity index (χ1v) is 8.95. The number of fused-ring (bicyclic) bond motifs is 4. The lowest BCUT2D eigenvalue weighted by Crippen LogP contribution is -2.62. The van der Waals surface area contributed by atoms with Crippen molar-refractivity contribution < 1.29 is 0 Å². The van der Waals surface area contributed by atoms with Crippen LogP contribution in [0, 0.1) is 0 Å². The Morgan fingerprint density at radius 1 is 1.17 bits per heavy atom. The maximum absolute atomic E-state index is 5.00. The van der Waals surface area contributed by atoms with Gasteiger partial charge in [0.2, 0.25) is 0 Å². The number of nitrogens with zero attached hydrogens (tertiary/aromatic N) is 4. The molecular weight excluding hydrogens is 286 g/mol. The molecule has 0 amide bonds. The van der Waals surface area contributed by atoms with Crippen LogP contribution in [0.2, 0.25) is 0 Å². The fraction of sp³-hybridized carbons (Fsp3) is 0.611. The number of para-hydroxylation sites is 1. The summed E-state index contributed by atoms with van der Waals surface area (Å²) in [5.41, 5.74) is 2.76. The van der Waals surface area contributed by atoms with Crippen LogP contribution in [0.15, 0.2) is 29.3 Å². The van der Waals surface area contributed by atoms with Crippen LogP contribution < -0.4 is 10.2 Å². The van der Waals surface area contributed by atoms with Gasteiger partial charge in [-0.3, -0.25) is 14.8 Å². The van der Waals surface area contributed by atoms with E-state index in [-0.39, 0.29) is 0 Å². The minimum Gasteiger partial charge on any atom is -0.356 e. The van der Waals surface area contributed by atoms with E-state index >= 15 is 0 Å². The van der Waals surface area contributed by atoms with Gasteiger partial charge < -0.3 is 10.2 Å². The predicted octanol–water partition coefficient (Wildman–Crippen LogP) is 1.01. The Bertz CT molecular complexity index is 577. The molecule has 1 aromatic carbocycles. The maximum atomic E-state index is 5.00. The van der Waals surface area contributed by atoms with Crippen molar-refractivity contribution in [2.24, 2.45) is 4.99 Å². The normalized spacial score (nSPS) is 29.7. The largest absolute Gasteiger partial charge is 0.356 e. The summed E-state index contributed by atoms with van der Waals surface area (Å²) in [6, 6.07) is 9.29. The number of piperazine rings is 3. The van der Waals surface area contributed by atoms with Crippen LogP contribution in [-0.4, -0.2) is 74.2 Å². The topological polar surface area (TPSA) is 34.1 Å². The lowest BCUT2D eigenvalue weighted by molar-refractivity contribution is 0.0174. The highest BCUT2D eigenvalue weighted by atomic mass is 15.4. The Morgan fingerprint density at radius 3 is 2.74 bits per heavy atom. The zero-order chi connectivity index (χ0) is 15.6. The van der Waals surface area contributed by atoms with Crippen molar-refractivity contribution in [1.29, 1.82) is 0 Å². The first-order chi connectivity index (χ1) is 11.3. The van der Waals surface area contributed by atoms with Gasteiger partial charge in [0.25, 0.3) is 0 Å². The Labute approximate surface area is 139 Å². The molecule has 3 fully saturated rings. The van der Waals surface area contributed by atoms with Crippen LogP contribution in [0.5, 0.6) is 0 Å². The van der Waals surface area contributed by atoms with Crippen molar-refractivity contribution in [2.75, 3.05) is 57.3 Å². The molecule has 1 aromatic rings. The summed E-state index contributed by atoms with van der Waals surface area (Å²) in [4.78, 5) is 12.6. The molecule has 4 heterocycles. The Balaban J connectivity index is 1.50. The lowest BCUT2D eigenvalue weighted by Gasteiger charge is -2.47. The van der Waals surface area contributed by atoms with Crippen molar-refractivity contribution in [3.63, 3.8) is 0 Å². The maximum Gasteiger partial charge on any atom is 0.198 e. The van der Waals surface area contributed by atoms with E-state index in [1.54, 1.807) is 0 Å². The molecule has 3 saturated heterocycles. The Morgan fingerprint density at radius 2 is 2.00 bits per heavy atom. The lowest BCUT2D eigenvalue weighted by atomic mass is 10.1. The Kier molecular flexibility index (Phi) is 4.23. The van der Waals surface area contributed by atoms with Crippen molar-refractivity contribution in [1.82, 2.24) is 15.1 Å². The van der Waals surface area contributed by atoms with Gasteiger partial charge in [-0.15, -0.1) is 0 Å². The number of benzene rings is 1. The van der Waals surface area contributed by atoms with Gasteiger partial charge in [0, 0.05) is 57.5 Å². The van der Waals surface area contributed by atoms with E-state index in [4.69, 9.17) is 4.99 Å². The summed E-state index contributed by atoms with van der Waals surface area (Å²) in [7, 11) is 0. The molecule has 4 aliphatic rings.